The number of carbonyl (C=O) groups is 3. The van der Waals surface area contributed by atoms with Crippen molar-refractivity contribution in [2.75, 3.05) is 0 Å². The van der Waals surface area contributed by atoms with Gasteiger partial charge in [0.2, 0.25) is 5.91 Å². The van der Waals surface area contributed by atoms with Crippen molar-refractivity contribution in [1.82, 2.24) is 9.88 Å². The number of rotatable bonds is 5. The molecule has 0 saturated heterocycles. The molecule has 0 spiro atoms. The zero-order valence-electron chi connectivity index (χ0n) is 14.1. The Hall–Kier alpha value is -2.44. The van der Waals surface area contributed by atoms with Gasteiger partial charge in [0, 0.05) is 25.9 Å². The normalized spacial score (nSPS) is 19.1. The molecule has 130 valence electrons. The predicted octanol–water partition coefficient (Wildman–Crippen LogP) is 1.40. The van der Waals surface area contributed by atoms with Crippen molar-refractivity contribution in [3.05, 3.63) is 29.6 Å². The molecule has 0 aromatic carbocycles. The molecular weight excluding hydrogens is 312 g/mol. The van der Waals surface area contributed by atoms with Crippen molar-refractivity contribution in [2.24, 2.45) is 5.92 Å². The highest BCUT2D eigenvalue weighted by molar-refractivity contribution is 5.95. The minimum absolute atomic E-state index is 0.259. The van der Waals surface area contributed by atoms with Crippen LogP contribution < -0.4 is 0 Å². The summed E-state index contributed by atoms with van der Waals surface area (Å²) in [5, 5.41) is 9.57. The molecule has 2 rings (SSSR count). The van der Waals surface area contributed by atoms with Crippen LogP contribution in [0, 0.1) is 5.92 Å². The van der Waals surface area contributed by atoms with Crippen molar-refractivity contribution in [3.8, 4) is 0 Å². The van der Waals surface area contributed by atoms with Crippen molar-refractivity contribution in [1.29, 1.82) is 0 Å². The zero-order chi connectivity index (χ0) is 17.9. The maximum atomic E-state index is 12.4. The van der Waals surface area contributed by atoms with E-state index in [0.717, 1.165) is 11.1 Å². The fourth-order valence-corrected chi connectivity index (χ4v) is 2.85. The van der Waals surface area contributed by atoms with Gasteiger partial charge in [0.05, 0.1) is 12.1 Å². The molecule has 1 aliphatic rings. The van der Waals surface area contributed by atoms with Crippen LogP contribution in [0.4, 0.5) is 0 Å². The van der Waals surface area contributed by atoms with E-state index in [-0.39, 0.29) is 25.0 Å². The summed E-state index contributed by atoms with van der Waals surface area (Å²) in [6.07, 6.45) is 3.76. The summed E-state index contributed by atoms with van der Waals surface area (Å²) in [5.41, 5.74) is 1.76. The molecule has 0 fully saturated rings. The Kier molecular flexibility index (Phi) is 5.54. The molecule has 0 aliphatic carbocycles. The van der Waals surface area contributed by atoms with Crippen LogP contribution in [0.3, 0.4) is 0 Å². The number of fused-ring (bicyclic) bond motifs is 1. The van der Waals surface area contributed by atoms with Gasteiger partial charge in [-0.25, -0.2) is 0 Å². The number of nitrogens with zero attached hydrogens (tertiary/aromatic N) is 2. The van der Waals surface area contributed by atoms with Crippen LogP contribution in [0.25, 0.3) is 0 Å². The second-order valence-corrected chi connectivity index (χ2v) is 6.03. The first-order valence-electron chi connectivity index (χ1n) is 7.97. The number of ether oxygens (including phenoxy) is 1. The van der Waals surface area contributed by atoms with Gasteiger partial charge in [0.25, 0.3) is 0 Å². The Balaban J connectivity index is 2.34. The number of hydrogen-bond donors (Lipinski definition) is 1. The molecule has 1 N–H and O–H groups in total. The average Bonchev–Trinajstić information content (AvgIpc) is 2.53. The Bertz CT molecular complexity index is 646. The van der Waals surface area contributed by atoms with Gasteiger partial charge in [-0.2, -0.15) is 0 Å². The first kappa shape index (κ1) is 17.9. The van der Waals surface area contributed by atoms with E-state index in [1.165, 1.54) is 11.8 Å². The third-order valence-electron chi connectivity index (χ3n) is 4.38. The van der Waals surface area contributed by atoms with Gasteiger partial charge in [-0.1, -0.05) is 6.92 Å². The SMILES string of the molecule is CCC(C)OC(=O)C(C(=O)O)C1Cc2cnccc2CN1C(C)=O. The summed E-state index contributed by atoms with van der Waals surface area (Å²) in [4.78, 5) is 41.6. The van der Waals surface area contributed by atoms with E-state index < -0.39 is 23.9 Å². The zero-order valence-corrected chi connectivity index (χ0v) is 14.1. The summed E-state index contributed by atoms with van der Waals surface area (Å²) in [6, 6.07) is 1.02. The van der Waals surface area contributed by atoms with Gasteiger partial charge < -0.3 is 14.7 Å². The predicted molar refractivity (Wildman–Crippen MR) is 84.9 cm³/mol. The fourth-order valence-electron chi connectivity index (χ4n) is 2.85. The molecule has 0 radical (unpaired) electrons. The van der Waals surface area contributed by atoms with Crippen molar-refractivity contribution < 1.29 is 24.2 Å². The summed E-state index contributed by atoms with van der Waals surface area (Å²) in [7, 11) is 0. The molecule has 1 aliphatic heterocycles. The first-order valence-corrected chi connectivity index (χ1v) is 7.97. The molecule has 1 amide bonds. The van der Waals surface area contributed by atoms with Gasteiger partial charge in [-0.05, 0) is 37.0 Å². The van der Waals surface area contributed by atoms with E-state index in [2.05, 4.69) is 4.98 Å². The minimum atomic E-state index is -1.42. The molecule has 1 aromatic rings. The monoisotopic (exact) mass is 334 g/mol. The molecule has 24 heavy (non-hydrogen) atoms. The van der Waals surface area contributed by atoms with Gasteiger partial charge in [-0.15, -0.1) is 0 Å². The first-order chi connectivity index (χ1) is 11.3. The molecule has 3 unspecified atom stereocenters. The molecule has 7 nitrogen and oxygen atoms in total. The number of hydrogen-bond acceptors (Lipinski definition) is 5. The van der Waals surface area contributed by atoms with Crippen LogP contribution in [-0.2, 0) is 32.1 Å². The van der Waals surface area contributed by atoms with Gasteiger partial charge >= 0.3 is 11.9 Å². The van der Waals surface area contributed by atoms with Gasteiger partial charge in [-0.3, -0.25) is 19.4 Å². The van der Waals surface area contributed by atoms with Crippen molar-refractivity contribution in [3.63, 3.8) is 0 Å². The topological polar surface area (TPSA) is 96.8 Å². The fraction of sp³-hybridized carbons (Fsp3) is 0.529. The Morgan fingerprint density at radius 2 is 2.12 bits per heavy atom. The summed E-state index contributed by atoms with van der Waals surface area (Å²) >= 11 is 0. The number of carboxylic acids is 1. The Morgan fingerprint density at radius 3 is 2.71 bits per heavy atom. The van der Waals surface area contributed by atoms with Crippen LogP contribution in [0.5, 0.6) is 0 Å². The van der Waals surface area contributed by atoms with Gasteiger partial charge in [0.15, 0.2) is 5.92 Å². The lowest BCUT2D eigenvalue weighted by molar-refractivity contribution is -0.166. The van der Waals surface area contributed by atoms with E-state index >= 15 is 0 Å². The molecule has 7 heteroatoms. The number of carboxylic acid groups (broad SMARTS) is 1. The number of pyridine rings is 1. The van der Waals surface area contributed by atoms with E-state index in [1.807, 2.05) is 6.92 Å². The number of aromatic nitrogens is 1. The largest absolute Gasteiger partial charge is 0.481 e. The summed E-state index contributed by atoms with van der Waals surface area (Å²) < 4.78 is 5.22. The maximum Gasteiger partial charge on any atom is 0.322 e. The average molecular weight is 334 g/mol. The summed E-state index contributed by atoms with van der Waals surface area (Å²) in [6.45, 7) is 5.19. The summed E-state index contributed by atoms with van der Waals surface area (Å²) in [5.74, 6) is -3.78. The number of carbonyl (C=O) groups excluding carboxylic acids is 2. The smallest absolute Gasteiger partial charge is 0.322 e. The number of esters is 1. The second kappa shape index (κ2) is 7.42. The second-order valence-electron chi connectivity index (χ2n) is 6.03. The lowest BCUT2D eigenvalue weighted by Crippen LogP contribution is -2.52. The van der Waals surface area contributed by atoms with Crippen molar-refractivity contribution in [2.45, 2.75) is 52.3 Å². The molecule has 0 saturated carbocycles. The van der Waals surface area contributed by atoms with E-state index in [1.54, 1.807) is 25.4 Å². The van der Waals surface area contributed by atoms with E-state index in [0.29, 0.717) is 6.42 Å². The van der Waals surface area contributed by atoms with Crippen LogP contribution in [-0.4, -0.2) is 45.0 Å². The highest BCUT2D eigenvalue weighted by Crippen LogP contribution is 2.28. The lowest BCUT2D eigenvalue weighted by atomic mass is 9.87. The minimum Gasteiger partial charge on any atom is -0.481 e. The Morgan fingerprint density at radius 1 is 1.42 bits per heavy atom. The number of amides is 1. The highest BCUT2D eigenvalue weighted by Gasteiger charge is 2.43. The molecular formula is C17H22N2O5. The lowest BCUT2D eigenvalue weighted by Gasteiger charge is -2.38. The molecule has 3 atom stereocenters. The van der Waals surface area contributed by atoms with Crippen LogP contribution in [0.1, 0.15) is 38.3 Å². The molecule has 0 bridgehead atoms. The standard InChI is InChI=1S/C17H22N2O5/c1-4-10(2)24-17(23)15(16(21)22)14-7-13-8-18-6-5-12(13)9-19(14)11(3)20/h5-6,8,10,14-15H,4,7,9H2,1-3H3,(H,21,22). The maximum absolute atomic E-state index is 12.4. The van der Waals surface area contributed by atoms with E-state index in [4.69, 9.17) is 4.74 Å². The van der Waals surface area contributed by atoms with E-state index in [9.17, 15) is 19.5 Å². The molecule has 2 heterocycles. The van der Waals surface area contributed by atoms with Gasteiger partial charge in [0.1, 0.15) is 0 Å². The van der Waals surface area contributed by atoms with Crippen LogP contribution in [0.15, 0.2) is 18.5 Å². The van der Waals surface area contributed by atoms with Crippen LogP contribution in [0.2, 0.25) is 0 Å². The highest BCUT2D eigenvalue weighted by atomic mass is 16.5. The quantitative estimate of drug-likeness (QED) is 0.646. The number of aliphatic carboxylic acids is 1. The van der Waals surface area contributed by atoms with Crippen molar-refractivity contribution >= 4 is 17.8 Å². The third-order valence-corrected chi connectivity index (χ3v) is 4.38. The van der Waals surface area contributed by atoms with Crippen LogP contribution >= 0.6 is 0 Å². The Labute approximate surface area is 140 Å². The third kappa shape index (κ3) is 3.72. The molecule has 1 aromatic heterocycles.